The van der Waals surface area contributed by atoms with Crippen molar-refractivity contribution in [2.24, 2.45) is 22.7 Å². The van der Waals surface area contributed by atoms with E-state index in [4.69, 9.17) is 18.9 Å². The Bertz CT molecular complexity index is 2280. The molecule has 3 aliphatic carbocycles. The van der Waals surface area contributed by atoms with Gasteiger partial charge in [-0.1, -0.05) is 80.6 Å². The van der Waals surface area contributed by atoms with Gasteiger partial charge in [0.05, 0.1) is 41.8 Å². The van der Waals surface area contributed by atoms with Crippen molar-refractivity contribution in [1.29, 1.82) is 0 Å². The fraction of sp³-hybridized carbons (Fsp3) is 0.467. The number of phosphoric ester groups is 1. The number of ether oxygens (including phenoxy) is 4. The molecule has 64 heavy (non-hydrogen) atoms. The minimum atomic E-state index is -5.07. The third kappa shape index (κ3) is 9.76. The molecule has 1 saturated heterocycles. The van der Waals surface area contributed by atoms with Crippen LogP contribution in [0.3, 0.4) is 0 Å². The molecule has 6 N–H and O–H groups in total. The maximum atomic E-state index is 15.2. The average molecular weight is 1330 g/mol. The molecule has 2 bridgehead atoms. The molecular weight excluding hydrogens is 1280 g/mol. The summed E-state index contributed by atoms with van der Waals surface area (Å²) in [6.07, 6.45) is -8.36. The van der Waals surface area contributed by atoms with E-state index in [-0.39, 0.29) is 118 Å². The van der Waals surface area contributed by atoms with E-state index in [1.165, 1.54) is 19.1 Å². The van der Waals surface area contributed by atoms with E-state index in [0.29, 0.717) is 11.1 Å². The molecule has 0 spiro atoms. The average Bonchev–Trinajstić information content (AvgIpc) is 3.24. The number of rotatable bonds is 12. The zero-order valence-corrected chi connectivity index (χ0v) is 46.4. The number of ketones is 1. The van der Waals surface area contributed by atoms with E-state index < -0.39 is 115 Å². The molecule has 1 aliphatic heterocycles. The molecule has 16 nitrogen and oxygen atoms in total. The first-order valence-corrected chi connectivity index (χ1v) is 21.9. The Labute approximate surface area is 442 Å². The second-order valence-electron chi connectivity index (χ2n) is 17.4. The first kappa shape index (κ1) is 53.2. The van der Waals surface area contributed by atoms with Crippen molar-refractivity contribution in [3.63, 3.8) is 0 Å². The van der Waals surface area contributed by atoms with Gasteiger partial charge in [-0.2, -0.15) is 0 Å². The zero-order valence-electron chi connectivity index (χ0n) is 36.0. The predicted molar refractivity (Wildman–Crippen MR) is 219 cm³/mol. The Kier molecular flexibility index (Phi) is 17.0. The van der Waals surface area contributed by atoms with Crippen molar-refractivity contribution < 1.29 is 160 Å². The molecule has 9 unspecified atom stereocenters. The largest absolute Gasteiger partial charge is 0.471 e. The number of aliphatic hydroxyl groups excluding tert-OH is 1. The molecule has 0 aromatic heterocycles. The number of aliphatic hydroxyl groups is 3. The van der Waals surface area contributed by atoms with Gasteiger partial charge in [0.1, 0.15) is 29.5 Å². The van der Waals surface area contributed by atoms with Crippen LogP contribution in [0, 0.1) is 111 Å². The van der Waals surface area contributed by atoms with Gasteiger partial charge < -0.3 is 49.4 Å². The summed E-state index contributed by atoms with van der Waals surface area (Å²) in [7, 11) is -5.07. The number of amides is 1. The van der Waals surface area contributed by atoms with Gasteiger partial charge in [-0.15, -0.1) is 0 Å². The summed E-state index contributed by atoms with van der Waals surface area (Å²) in [4.78, 5) is 76.2. The van der Waals surface area contributed by atoms with Crippen LogP contribution in [0.4, 0.5) is 0 Å². The smallest absolute Gasteiger partial charge is 0.457 e. The second-order valence-corrected chi connectivity index (χ2v) is 18.7. The second kappa shape index (κ2) is 20.5. The molecule has 3 aromatic rings. The van der Waals surface area contributed by atoms with Crippen LogP contribution in [-0.2, 0) is 37.6 Å². The van der Waals surface area contributed by atoms with E-state index in [1.54, 1.807) is 107 Å². The minimum absolute atomic E-state index is 0. The maximum Gasteiger partial charge on any atom is 0.471 e. The summed E-state index contributed by atoms with van der Waals surface area (Å²) in [6.45, 7) is 6.24. The van der Waals surface area contributed by atoms with Crippen LogP contribution in [-0.4, -0.2) is 104 Å². The third-order valence-electron chi connectivity index (χ3n) is 13.7. The van der Waals surface area contributed by atoms with E-state index in [1.807, 2.05) is 0 Å². The Morgan fingerprint density at radius 2 is 1.45 bits per heavy atom. The summed E-state index contributed by atoms with van der Waals surface area (Å²) >= 11 is 0. The zero-order chi connectivity index (χ0) is 45.0. The van der Waals surface area contributed by atoms with Crippen LogP contribution in [0.25, 0.3) is 0 Å². The van der Waals surface area contributed by atoms with Crippen LogP contribution >= 0.6 is 7.82 Å². The number of carbonyl (C=O) groups excluding carboxylic acids is 4. The predicted octanol–water partition coefficient (Wildman–Crippen LogP) is 3.96. The van der Waals surface area contributed by atoms with Gasteiger partial charge in [-0.25, -0.2) is 9.36 Å². The monoisotopic (exact) mass is 1330 g/mol. The van der Waals surface area contributed by atoms with E-state index >= 15 is 4.79 Å². The van der Waals surface area contributed by atoms with E-state index in [0.717, 1.165) is 0 Å². The number of Topliss-reactive ketones (excluding diaryl/α,β-unsaturated/α-hetero) is 1. The van der Waals surface area contributed by atoms with Crippen LogP contribution in [0.2, 0.25) is 0 Å². The van der Waals surface area contributed by atoms with Gasteiger partial charge in [-0.3, -0.25) is 18.9 Å². The fourth-order valence-corrected chi connectivity index (χ4v) is 10.3. The molecule has 19 heteroatoms. The summed E-state index contributed by atoms with van der Waals surface area (Å²) < 4.78 is 40.5. The van der Waals surface area contributed by atoms with Crippen LogP contribution in [0.5, 0.6) is 0 Å². The number of hydrogen-bond donors (Lipinski definition) is 6. The van der Waals surface area contributed by atoms with Crippen molar-refractivity contribution in [3.8, 4) is 0 Å². The number of phosphoric acid groups is 1. The van der Waals surface area contributed by atoms with E-state index in [9.17, 15) is 44.1 Å². The van der Waals surface area contributed by atoms with Crippen LogP contribution < -0.4 is 5.32 Å². The van der Waals surface area contributed by atoms with Crippen molar-refractivity contribution in [2.75, 3.05) is 13.4 Å². The van der Waals surface area contributed by atoms with Crippen LogP contribution in [0.15, 0.2) is 102 Å². The van der Waals surface area contributed by atoms with Gasteiger partial charge >= 0.3 is 19.8 Å². The SMILES string of the molecule is CC1=C2C(O)C(=O)[C@]3(C)C(OCOP(=O)(O)O)CC4OCC4(O)C3C(OC(=O)c3ccccc3)C(O)(CC1OC(=O)[C@H](C)C(NC(=O)c1ccccc1)c1ccccc1)C2(C)C.[Ac].[Ac]. The van der Waals surface area contributed by atoms with Gasteiger partial charge in [0, 0.05) is 118 Å². The van der Waals surface area contributed by atoms with Crippen molar-refractivity contribution in [3.05, 3.63) is 119 Å². The van der Waals surface area contributed by atoms with Gasteiger partial charge in [0.2, 0.25) is 0 Å². The number of carbonyl (C=O) groups is 4. The molecule has 11 atom stereocenters. The maximum absolute atomic E-state index is 15.2. The summed E-state index contributed by atoms with van der Waals surface area (Å²) in [5, 5.41) is 41.4. The number of benzene rings is 3. The molecule has 2 radical (unpaired) electrons. The number of hydrogen-bond acceptors (Lipinski definition) is 13. The quantitative estimate of drug-likeness (QED) is 0.0651. The van der Waals surface area contributed by atoms with Crippen molar-refractivity contribution >= 4 is 31.5 Å². The minimum Gasteiger partial charge on any atom is -0.457 e. The first-order valence-electron chi connectivity index (χ1n) is 20.3. The van der Waals surface area contributed by atoms with Gasteiger partial charge in [0.15, 0.2) is 12.6 Å². The molecular formula is C45H52Ac2NO15P. The first-order chi connectivity index (χ1) is 29.1. The molecule has 7 rings (SSSR count). The number of nitrogens with one attached hydrogen (secondary N) is 1. The topological polar surface area (TPSA) is 245 Å². The third-order valence-corrected chi connectivity index (χ3v) is 14.1. The summed E-state index contributed by atoms with van der Waals surface area (Å²) in [5.41, 5.74) is -6.80. The van der Waals surface area contributed by atoms with Crippen molar-refractivity contribution in [2.45, 2.75) is 95.2 Å². The van der Waals surface area contributed by atoms with E-state index in [2.05, 4.69) is 9.84 Å². The molecule has 338 valence electrons. The summed E-state index contributed by atoms with van der Waals surface area (Å²) in [6, 6.07) is 24.2. The van der Waals surface area contributed by atoms with Crippen molar-refractivity contribution in [1.82, 2.24) is 5.32 Å². The summed E-state index contributed by atoms with van der Waals surface area (Å²) in [5.74, 6) is -5.76. The Morgan fingerprint density at radius 3 is 2.00 bits per heavy atom. The van der Waals surface area contributed by atoms with Gasteiger partial charge in [-0.05, 0) is 61.7 Å². The standard InChI is InChI=1S/C45H52NO15P.2Ac/c1-25-30(60-40(50)26(2)34(27-15-9-6-10-16-27)46-39(49)28-17-11-7-12-18-28)22-45(53)38(61-41(51)29-19-13-8-14-20-29)36-43(5,37(48)35(47)33(25)42(45,3)4)31(58-24-59-62(54,55)56)21-32-44(36,52)23-57-32;;/h6-20,26,30-32,34-36,38,47,52-53H,21-24H2,1-5H3,(H,46,49)(H2,54,55,56);;/t26-,30?,31?,32?,34?,35?,36?,38?,43-,44?,45?;;/m1../s1. The number of esters is 2. The Balaban J connectivity index is 0.00000385. The molecule has 2 saturated carbocycles. The van der Waals surface area contributed by atoms with Gasteiger partial charge in [0.25, 0.3) is 5.91 Å². The normalized spacial score (nSPS) is 31.4. The van der Waals surface area contributed by atoms with Crippen LogP contribution in [0.1, 0.15) is 79.8 Å². The fourth-order valence-electron chi connectivity index (χ4n) is 10.1. The molecule has 3 aromatic carbocycles. The molecule has 4 aliphatic rings. The molecule has 3 fully saturated rings. The molecule has 1 heterocycles. The Morgan fingerprint density at radius 1 is 0.891 bits per heavy atom. The number of fused-ring (bicyclic) bond motifs is 5. The Hall–Kier alpha value is -1.73. The molecule has 1 amide bonds.